The van der Waals surface area contributed by atoms with Crippen molar-refractivity contribution in [2.24, 2.45) is 0 Å². The lowest BCUT2D eigenvalue weighted by molar-refractivity contribution is -0.140. The van der Waals surface area contributed by atoms with E-state index in [0.29, 0.717) is 56.7 Å². The first-order valence-electron chi connectivity index (χ1n) is 11.4. The SMILES string of the molecule is CC1=C(CCCCCCN2CCN(S(C)(=O)=O)CC2)C(=O)N(c2ccc(C(F)(F)F)c(F)c2)C1=O. The molecule has 3 rings (SSSR count). The normalized spacial score (nSPS) is 18.7. The lowest BCUT2D eigenvalue weighted by Gasteiger charge is -2.33. The van der Waals surface area contributed by atoms with Gasteiger partial charge in [0, 0.05) is 37.3 Å². The molecule has 0 aromatic heterocycles. The van der Waals surface area contributed by atoms with Gasteiger partial charge in [0.25, 0.3) is 11.8 Å². The molecule has 0 radical (unpaired) electrons. The third-order valence-electron chi connectivity index (χ3n) is 6.41. The predicted octanol–water partition coefficient (Wildman–Crippen LogP) is 3.56. The van der Waals surface area contributed by atoms with E-state index < -0.39 is 39.4 Å². The van der Waals surface area contributed by atoms with Crippen molar-refractivity contribution < 1.29 is 35.6 Å². The second kappa shape index (κ2) is 10.8. The van der Waals surface area contributed by atoms with Crippen LogP contribution in [0.15, 0.2) is 29.3 Å². The number of sulfonamides is 1. The molecule has 35 heavy (non-hydrogen) atoms. The largest absolute Gasteiger partial charge is 0.419 e. The predicted molar refractivity (Wildman–Crippen MR) is 123 cm³/mol. The summed E-state index contributed by atoms with van der Waals surface area (Å²) in [7, 11) is -3.15. The van der Waals surface area contributed by atoms with E-state index >= 15 is 0 Å². The maximum Gasteiger partial charge on any atom is 0.419 e. The Labute approximate surface area is 202 Å². The summed E-state index contributed by atoms with van der Waals surface area (Å²) in [4.78, 5) is 28.3. The van der Waals surface area contributed by atoms with Gasteiger partial charge in [0.2, 0.25) is 10.0 Å². The van der Waals surface area contributed by atoms with Gasteiger partial charge in [-0.15, -0.1) is 0 Å². The van der Waals surface area contributed by atoms with E-state index in [1.54, 1.807) is 0 Å². The third-order valence-corrected chi connectivity index (χ3v) is 7.71. The number of hydrogen-bond donors (Lipinski definition) is 0. The van der Waals surface area contributed by atoms with E-state index in [1.165, 1.54) is 17.5 Å². The standard InChI is InChI=1S/C23H29F4N3O4S/c1-16-18(7-5-3-4-6-10-28-11-13-29(14-12-28)35(2,33)34)22(32)30(21(16)31)17-8-9-19(20(24)15-17)23(25,26)27/h8-9,15H,3-7,10-14H2,1-2H3. The summed E-state index contributed by atoms with van der Waals surface area (Å²) < 4.78 is 77.0. The molecule has 0 atom stereocenters. The molecule has 2 amide bonds. The Kier molecular flexibility index (Phi) is 8.38. The highest BCUT2D eigenvalue weighted by Crippen LogP contribution is 2.35. The zero-order valence-corrected chi connectivity index (χ0v) is 20.5. The Morgan fingerprint density at radius 3 is 2.14 bits per heavy atom. The van der Waals surface area contributed by atoms with Gasteiger partial charge in [-0.1, -0.05) is 12.8 Å². The van der Waals surface area contributed by atoms with Crippen LogP contribution in [0, 0.1) is 5.82 Å². The molecule has 0 aliphatic carbocycles. The molecule has 7 nitrogen and oxygen atoms in total. The number of anilines is 1. The Bertz CT molecular complexity index is 1110. The zero-order chi connectivity index (χ0) is 26.0. The van der Waals surface area contributed by atoms with Gasteiger partial charge in [-0.3, -0.25) is 9.59 Å². The molecule has 0 unspecified atom stereocenters. The van der Waals surface area contributed by atoms with E-state index in [4.69, 9.17) is 0 Å². The van der Waals surface area contributed by atoms with Gasteiger partial charge in [-0.2, -0.15) is 17.5 Å². The molecule has 2 heterocycles. The Morgan fingerprint density at radius 2 is 1.57 bits per heavy atom. The molecule has 1 fully saturated rings. The summed E-state index contributed by atoms with van der Waals surface area (Å²) in [6.07, 6.45) is -0.0212. The number of amides is 2. The number of imide groups is 1. The van der Waals surface area contributed by atoms with Gasteiger partial charge >= 0.3 is 6.18 Å². The Balaban J connectivity index is 1.46. The van der Waals surface area contributed by atoms with Crippen LogP contribution in [-0.4, -0.2) is 68.4 Å². The summed E-state index contributed by atoms with van der Waals surface area (Å²) in [6.45, 7) is 4.70. The van der Waals surface area contributed by atoms with Crippen molar-refractivity contribution in [3.05, 3.63) is 40.7 Å². The molecule has 0 bridgehead atoms. The number of benzene rings is 1. The van der Waals surface area contributed by atoms with Gasteiger partial charge in [-0.05, 0) is 50.9 Å². The second-order valence-electron chi connectivity index (χ2n) is 8.88. The smallest absolute Gasteiger partial charge is 0.301 e. The molecule has 1 aromatic rings. The lowest BCUT2D eigenvalue weighted by Crippen LogP contribution is -2.48. The zero-order valence-electron chi connectivity index (χ0n) is 19.7. The first-order valence-corrected chi connectivity index (χ1v) is 13.3. The number of rotatable bonds is 9. The van der Waals surface area contributed by atoms with E-state index in [2.05, 4.69) is 4.90 Å². The minimum absolute atomic E-state index is 0.221. The average molecular weight is 520 g/mol. The highest BCUT2D eigenvalue weighted by Gasteiger charge is 2.38. The summed E-state index contributed by atoms with van der Waals surface area (Å²) in [6, 6.07) is 2.01. The second-order valence-corrected chi connectivity index (χ2v) is 10.9. The van der Waals surface area contributed by atoms with E-state index in [9.17, 15) is 35.6 Å². The van der Waals surface area contributed by atoms with Gasteiger partial charge in [0.15, 0.2) is 0 Å². The van der Waals surface area contributed by atoms with Crippen molar-refractivity contribution in [1.29, 1.82) is 0 Å². The summed E-state index contributed by atoms with van der Waals surface area (Å²) in [5, 5.41) is 0. The number of hydrogen-bond acceptors (Lipinski definition) is 5. The van der Waals surface area contributed by atoms with Gasteiger partial charge in [-0.25, -0.2) is 17.7 Å². The average Bonchev–Trinajstić information content (AvgIpc) is 2.97. The minimum atomic E-state index is -4.87. The molecular formula is C23H29F4N3O4S. The number of unbranched alkanes of at least 4 members (excludes halogenated alkanes) is 3. The van der Waals surface area contributed by atoms with Crippen LogP contribution < -0.4 is 4.90 Å². The van der Waals surface area contributed by atoms with E-state index in [1.807, 2.05) is 0 Å². The summed E-state index contributed by atoms with van der Waals surface area (Å²) in [5.74, 6) is -2.83. The maximum atomic E-state index is 14.0. The molecule has 2 aliphatic rings. The van der Waals surface area contributed by atoms with Gasteiger partial charge < -0.3 is 4.90 Å². The van der Waals surface area contributed by atoms with Crippen LogP contribution in [0.2, 0.25) is 0 Å². The highest BCUT2D eigenvalue weighted by molar-refractivity contribution is 7.88. The molecule has 0 spiro atoms. The van der Waals surface area contributed by atoms with E-state index in [0.717, 1.165) is 36.8 Å². The number of nitrogens with zero attached hydrogens (tertiary/aromatic N) is 3. The van der Waals surface area contributed by atoms with Crippen LogP contribution in [0.4, 0.5) is 23.2 Å². The number of carbonyl (C=O) groups excluding carboxylic acids is 2. The molecule has 12 heteroatoms. The Morgan fingerprint density at radius 1 is 0.943 bits per heavy atom. The summed E-state index contributed by atoms with van der Waals surface area (Å²) >= 11 is 0. The monoisotopic (exact) mass is 519 g/mol. The maximum absolute atomic E-state index is 14.0. The number of carbonyl (C=O) groups is 2. The number of piperazine rings is 1. The van der Waals surface area contributed by atoms with Crippen LogP contribution in [0.3, 0.4) is 0 Å². The molecule has 1 aromatic carbocycles. The van der Waals surface area contributed by atoms with Crippen LogP contribution in [0.1, 0.15) is 44.6 Å². The van der Waals surface area contributed by atoms with Gasteiger partial charge in [0.05, 0.1) is 17.5 Å². The topological polar surface area (TPSA) is 78.0 Å². The molecule has 194 valence electrons. The fourth-order valence-electron chi connectivity index (χ4n) is 4.36. The van der Waals surface area contributed by atoms with Crippen molar-refractivity contribution in [3.8, 4) is 0 Å². The number of halogens is 4. The Hall–Kier alpha value is -2.31. The van der Waals surface area contributed by atoms with Gasteiger partial charge in [0.1, 0.15) is 5.82 Å². The fourth-order valence-corrected chi connectivity index (χ4v) is 5.19. The first-order chi connectivity index (χ1) is 16.3. The molecule has 0 saturated carbocycles. The van der Waals surface area contributed by atoms with Crippen LogP contribution >= 0.6 is 0 Å². The van der Waals surface area contributed by atoms with Crippen molar-refractivity contribution in [1.82, 2.24) is 9.21 Å². The van der Waals surface area contributed by atoms with Crippen molar-refractivity contribution in [2.75, 3.05) is 43.9 Å². The first kappa shape index (κ1) is 27.3. The van der Waals surface area contributed by atoms with E-state index in [-0.39, 0.29) is 11.3 Å². The third kappa shape index (κ3) is 6.47. The molecule has 2 aliphatic heterocycles. The van der Waals surface area contributed by atoms with Crippen LogP contribution in [0.5, 0.6) is 0 Å². The fraction of sp³-hybridized carbons (Fsp3) is 0.565. The van der Waals surface area contributed by atoms with Crippen LogP contribution in [-0.2, 0) is 25.8 Å². The summed E-state index contributed by atoms with van der Waals surface area (Å²) in [5.41, 5.74) is -1.16. The quantitative estimate of drug-likeness (QED) is 0.283. The number of alkyl halides is 3. The molecule has 1 saturated heterocycles. The van der Waals surface area contributed by atoms with Crippen molar-refractivity contribution in [3.63, 3.8) is 0 Å². The minimum Gasteiger partial charge on any atom is -0.301 e. The highest BCUT2D eigenvalue weighted by atomic mass is 32.2. The van der Waals surface area contributed by atoms with Crippen LogP contribution in [0.25, 0.3) is 0 Å². The molecule has 0 N–H and O–H groups in total. The van der Waals surface area contributed by atoms with Crippen molar-refractivity contribution in [2.45, 2.75) is 45.2 Å². The molecular weight excluding hydrogens is 490 g/mol. The lowest BCUT2D eigenvalue weighted by atomic mass is 10.0. The van der Waals surface area contributed by atoms with Crippen molar-refractivity contribution >= 4 is 27.5 Å².